The number of pyridine rings is 1. The zero-order valence-electron chi connectivity index (χ0n) is 10.7. The van der Waals surface area contributed by atoms with E-state index in [1.165, 1.54) is 16.8 Å². The Hall–Kier alpha value is -1.89. The lowest BCUT2D eigenvalue weighted by atomic mass is 9.56. The SMILES string of the molecule is CC12C=CC1(C)[n+]1ccccc1-c1ccccc12. The molecule has 2 heterocycles. The van der Waals surface area contributed by atoms with Gasteiger partial charge in [-0.3, -0.25) is 0 Å². The fraction of sp³-hybridized carbons (Fsp3) is 0.235. The summed E-state index contributed by atoms with van der Waals surface area (Å²) in [5, 5.41) is 0. The van der Waals surface area contributed by atoms with Gasteiger partial charge in [-0.25, -0.2) is 0 Å². The predicted octanol–water partition coefficient (Wildman–Crippen LogP) is 3.20. The van der Waals surface area contributed by atoms with Crippen LogP contribution in [0.2, 0.25) is 0 Å². The number of hydrogen-bond acceptors (Lipinski definition) is 0. The number of allylic oxidation sites excluding steroid dienone is 2. The molecule has 1 nitrogen and oxygen atoms in total. The van der Waals surface area contributed by atoms with Gasteiger partial charge in [-0.1, -0.05) is 24.3 Å². The summed E-state index contributed by atoms with van der Waals surface area (Å²) in [6.07, 6.45) is 6.87. The minimum atomic E-state index is 0.0674. The highest BCUT2D eigenvalue weighted by Gasteiger charge is 2.60. The van der Waals surface area contributed by atoms with Gasteiger partial charge in [0.1, 0.15) is 0 Å². The zero-order valence-corrected chi connectivity index (χ0v) is 10.7. The minimum absolute atomic E-state index is 0.0674. The molecule has 4 rings (SSSR count). The second-order valence-corrected chi connectivity index (χ2v) is 5.68. The number of nitrogens with zero attached hydrogens (tertiary/aromatic N) is 1. The molecule has 1 aromatic heterocycles. The van der Waals surface area contributed by atoms with Crippen molar-refractivity contribution >= 4 is 0 Å². The largest absolute Gasteiger partial charge is 0.213 e. The first-order chi connectivity index (χ1) is 8.67. The van der Waals surface area contributed by atoms with E-state index in [4.69, 9.17) is 0 Å². The van der Waals surface area contributed by atoms with Gasteiger partial charge in [-0.15, -0.1) is 0 Å². The van der Waals surface area contributed by atoms with Crippen LogP contribution in [0.25, 0.3) is 11.3 Å². The molecule has 0 amide bonds. The van der Waals surface area contributed by atoms with Crippen molar-refractivity contribution in [3.8, 4) is 11.3 Å². The van der Waals surface area contributed by atoms with Crippen LogP contribution in [0.5, 0.6) is 0 Å². The lowest BCUT2D eigenvalue weighted by Crippen LogP contribution is -2.70. The average molecular weight is 234 g/mol. The van der Waals surface area contributed by atoms with Crippen molar-refractivity contribution in [2.75, 3.05) is 0 Å². The molecular weight excluding hydrogens is 218 g/mol. The maximum absolute atomic E-state index is 2.41. The molecule has 0 bridgehead atoms. The molecule has 0 radical (unpaired) electrons. The van der Waals surface area contributed by atoms with Crippen LogP contribution in [0.4, 0.5) is 0 Å². The van der Waals surface area contributed by atoms with Gasteiger partial charge >= 0.3 is 0 Å². The molecule has 0 spiro atoms. The summed E-state index contributed by atoms with van der Waals surface area (Å²) >= 11 is 0. The first-order valence-corrected chi connectivity index (χ1v) is 6.48. The van der Waals surface area contributed by atoms with Crippen molar-refractivity contribution in [3.05, 3.63) is 66.4 Å². The molecule has 1 aromatic carbocycles. The number of fused-ring (bicyclic) bond motifs is 6. The molecule has 0 fully saturated rings. The third-order valence-corrected chi connectivity index (χ3v) is 4.92. The molecule has 1 aliphatic heterocycles. The van der Waals surface area contributed by atoms with Crippen LogP contribution in [0, 0.1) is 0 Å². The van der Waals surface area contributed by atoms with Crippen molar-refractivity contribution in [2.24, 2.45) is 0 Å². The standard InChI is InChI=1S/C17H16N/c1-16-10-11-17(16,2)18-12-6-5-9-15(18)13-7-3-4-8-14(13)16/h3-12H,1-2H3/q+1. The Morgan fingerprint density at radius 1 is 0.889 bits per heavy atom. The van der Waals surface area contributed by atoms with Crippen LogP contribution in [-0.2, 0) is 11.0 Å². The maximum Gasteiger partial charge on any atom is 0.213 e. The number of benzene rings is 1. The summed E-state index contributed by atoms with van der Waals surface area (Å²) in [7, 11) is 0. The highest BCUT2D eigenvalue weighted by Crippen LogP contribution is 2.52. The molecule has 88 valence electrons. The van der Waals surface area contributed by atoms with Crippen molar-refractivity contribution in [2.45, 2.75) is 24.8 Å². The minimum Gasteiger partial charge on any atom is -0.188 e. The monoisotopic (exact) mass is 234 g/mol. The molecule has 0 saturated carbocycles. The number of rotatable bonds is 0. The molecule has 1 aliphatic carbocycles. The zero-order chi connectivity index (χ0) is 12.4. The summed E-state index contributed by atoms with van der Waals surface area (Å²) in [6.45, 7) is 4.67. The summed E-state index contributed by atoms with van der Waals surface area (Å²) in [4.78, 5) is 0. The van der Waals surface area contributed by atoms with Gasteiger partial charge in [0.25, 0.3) is 0 Å². The van der Waals surface area contributed by atoms with Gasteiger partial charge in [-0.2, -0.15) is 4.57 Å². The molecule has 2 unspecified atom stereocenters. The van der Waals surface area contributed by atoms with Crippen LogP contribution in [-0.4, -0.2) is 0 Å². The predicted molar refractivity (Wildman–Crippen MR) is 72.2 cm³/mol. The van der Waals surface area contributed by atoms with Crippen LogP contribution >= 0.6 is 0 Å². The van der Waals surface area contributed by atoms with E-state index in [1.54, 1.807) is 0 Å². The Bertz CT molecular complexity index is 626. The molecule has 2 atom stereocenters. The highest BCUT2D eigenvalue weighted by atomic mass is 15.1. The number of aromatic nitrogens is 1. The third kappa shape index (κ3) is 0.893. The normalized spacial score (nSPS) is 31.0. The molecular formula is C17H16N+. The fourth-order valence-corrected chi connectivity index (χ4v) is 3.49. The maximum atomic E-state index is 2.41. The second-order valence-electron chi connectivity index (χ2n) is 5.68. The first kappa shape index (κ1) is 10.1. The Balaban J connectivity index is 2.17. The number of hydrogen-bond donors (Lipinski definition) is 0. The molecule has 1 heteroatoms. The van der Waals surface area contributed by atoms with Crippen molar-refractivity contribution < 1.29 is 4.57 Å². The summed E-state index contributed by atoms with van der Waals surface area (Å²) in [5.74, 6) is 0. The summed E-state index contributed by atoms with van der Waals surface area (Å²) < 4.78 is 2.41. The third-order valence-electron chi connectivity index (χ3n) is 4.92. The average Bonchev–Trinajstić information content (AvgIpc) is 2.43. The molecule has 2 aromatic rings. The highest BCUT2D eigenvalue weighted by molar-refractivity contribution is 5.68. The van der Waals surface area contributed by atoms with Gasteiger partial charge < -0.3 is 0 Å². The summed E-state index contributed by atoms with van der Waals surface area (Å²) in [5.41, 5.74) is 4.31. The van der Waals surface area contributed by atoms with E-state index >= 15 is 0 Å². The Kier molecular flexibility index (Phi) is 1.63. The van der Waals surface area contributed by atoms with E-state index in [1.807, 2.05) is 0 Å². The Labute approximate surface area is 107 Å². The van der Waals surface area contributed by atoms with Crippen molar-refractivity contribution in [1.29, 1.82) is 0 Å². The lowest BCUT2D eigenvalue weighted by Gasteiger charge is -2.48. The van der Waals surface area contributed by atoms with E-state index in [-0.39, 0.29) is 11.0 Å². The Morgan fingerprint density at radius 2 is 1.67 bits per heavy atom. The van der Waals surface area contributed by atoms with E-state index in [0.717, 1.165) is 0 Å². The van der Waals surface area contributed by atoms with E-state index in [2.05, 4.69) is 79.2 Å². The van der Waals surface area contributed by atoms with E-state index in [9.17, 15) is 0 Å². The fourth-order valence-electron chi connectivity index (χ4n) is 3.49. The van der Waals surface area contributed by atoms with Gasteiger partial charge in [0, 0.05) is 19.1 Å². The molecule has 18 heavy (non-hydrogen) atoms. The molecule has 2 aliphatic rings. The van der Waals surface area contributed by atoms with Gasteiger partial charge in [0.05, 0.1) is 11.0 Å². The first-order valence-electron chi connectivity index (χ1n) is 6.48. The summed E-state index contributed by atoms with van der Waals surface area (Å²) in [6, 6.07) is 15.2. The van der Waals surface area contributed by atoms with E-state index < -0.39 is 0 Å². The van der Waals surface area contributed by atoms with E-state index in [0.29, 0.717) is 0 Å². The quantitative estimate of drug-likeness (QED) is 0.487. The molecule has 0 saturated heterocycles. The van der Waals surface area contributed by atoms with Gasteiger partial charge in [-0.05, 0) is 30.7 Å². The lowest BCUT2D eigenvalue weighted by molar-refractivity contribution is -0.754. The van der Waals surface area contributed by atoms with Gasteiger partial charge in [0.15, 0.2) is 11.7 Å². The van der Waals surface area contributed by atoms with Crippen LogP contribution < -0.4 is 4.57 Å². The van der Waals surface area contributed by atoms with Crippen molar-refractivity contribution in [3.63, 3.8) is 0 Å². The topological polar surface area (TPSA) is 3.88 Å². The van der Waals surface area contributed by atoms with Crippen LogP contribution in [0.3, 0.4) is 0 Å². The van der Waals surface area contributed by atoms with Gasteiger partial charge in [0.2, 0.25) is 5.69 Å². The van der Waals surface area contributed by atoms with Crippen LogP contribution in [0.15, 0.2) is 60.8 Å². The van der Waals surface area contributed by atoms with Crippen molar-refractivity contribution in [1.82, 2.24) is 0 Å². The molecule has 0 N–H and O–H groups in total. The smallest absolute Gasteiger partial charge is 0.188 e. The Morgan fingerprint density at radius 3 is 2.44 bits per heavy atom. The second kappa shape index (κ2) is 2.92. The van der Waals surface area contributed by atoms with Crippen LogP contribution in [0.1, 0.15) is 19.4 Å².